The van der Waals surface area contributed by atoms with Gasteiger partial charge in [-0.15, -0.1) is 0 Å². The summed E-state index contributed by atoms with van der Waals surface area (Å²) in [5, 5.41) is 2.80. The highest BCUT2D eigenvalue weighted by Crippen LogP contribution is 2.61. The van der Waals surface area contributed by atoms with E-state index in [0.717, 1.165) is 18.6 Å². The standard InChI is InChI=1S/C24H21F5N4O3/c25-15-7-13(33-21-32-10-22(12-35-21)4-6-34-11-22)8-16(26)19(15)36-17-1-5-30-20-18(17)14(9-31-20)23(2-3-23)24(27,28)29/h1,5,7-9H,2-4,6,10-12H2,(H,30,31)(H,32,33)/t22-/m1/s1. The Kier molecular flexibility index (Phi) is 5.15. The van der Waals surface area contributed by atoms with E-state index >= 15 is 0 Å². The molecule has 3 aliphatic rings. The molecule has 2 N–H and O–H groups in total. The van der Waals surface area contributed by atoms with Crippen molar-refractivity contribution in [3.63, 3.8) is 0 Å². The molecule has 12 heteroatoms. The molecular formula is C24H21F5N4O3. The van der Waals surface area contributed by atoms with Gasteiger partial charge >= 0.3 is 6.18 Å². The Labute approximate surface area is 201 Å². The molecule has 1 aliphatic carbocycles. The van der Waals surface area contributed by atoms with Crippen molar-refractivity contribution in [3.05, 3.63) is 47.8 Å². The van der Waals surface area contributed by atoms with Gasteiger partial charge in [-0.2, -0.15) is 13.2 Å². The first-order valence-corrected chi connectivity index (χ1v) is 11.4. The number of halogens is 5. The molecule has 1 atom stereocenters. The summed E-state index contributed by atoms with van der Waals surface area (Å²) in [6, 6.07) is 3.42. The summed E-state index contributed by atoms with van der Waals surface area (Å²) >= 11 is 0. The Bertz CT molecular complexity index is 1340. The lowest BCUT2D eigenvalue weighted by Crippen LogP contribution is -2.38. The number of anilines is 1. The van der Waals surface area contributed by atoms with Crippen LogP contribution in [0.3, 0.4) is 0 Å². The smallest absolute Gasteiger partial charge is 0.398 e. The molecule has 0 unspecified atom stereocenters. The first-order valence-electron chi connectivity index (χ1n) is 11.4. The molecule has 36 heavy (non-hydrogen) atoms. The topological polar surface area (TPSA) is 80.8 Å². The molecule has 7 nitrogen and oxygen atoms in total. The van der Waals surface area contributed by atoms with Gasteiger partial charge in [0.15, 0.2) is 17.4 Å². The molecule has 3 aromatic rings. The van der Waals surface area contributed by atoms with E-state index < -0.39 is 29.0 Å². The van der Waals surface area contributed by atoms with Crippen molar-refractivity contribution in [3.8, 4) is 11.5 Å². The van der Waals surface area contributed by atoms with E-state index in [-0.39, 0.29) is 52.3 Å². The number of amidine groups is 1. The van der Waals surface area contributed by atoms with Crippen molar-refractivity contribution in [1.82, 2.24) is 9.97 Å². The number of benzene rings is 1. The molecule has 4 heterocycles. The molecule has 1 aromatic carbocycles. The SMILES string of the molecule is Fc1cc(NC2=NC[C@@]3(CCOC3)CO2)cc(F)c1Oc1ccnc2[nH]cc(C3(C(F)(F)F)CC3)c12. The van der Waals surface area contributed by atoms with Crippen LogP contribution in [0.1, 0.15) is 24.8 Å². The Morgan fingerprint density at radius 2 is 1.86 bits per heavy atom. The van der Waals surface area contributed by atoms with E-state index in [0.29, 0.717) is 26.4 Å². The van der Waals surface area contributed by atoms with Crippen LogP contribution < -0.4 is 10.1 Å². The number of pyridine rings is 1. The van der Waals surface area contributed by atoms with Crippen LogP contribution in [-0.2, 0) is 14.9 Å². The fraction of sp³-hybridized carbons (Fsp3) is 0.417. The van der Waals surface area contributed by atoms with Crippen molar-refractivity contribution in [2.75, 3.05) is 31.7 Å². The number of H-pyrrole nitrogens is 1. The van der Waals surface area contributed by atoms with Crippen LogP contribution in [0.4, 0.5) is 27.6 Å². The number of ether oxygens (including phenoxy) is 3. The normalized spacial score (nSPS) is 23.0. The van der Waals surface area contributed by atoms with Gasteiger partial charge in [-0.1, -0.05) is 0 Å². The van der Waals surface area contributed by atoms with Gasteiger partial charge < -0.3 is 24.5 Å². The summed E-state index contributed by atoms with van der Waals surface area (Å²) in [4.78, 5) is 11.1. The van der Waals surface area contributed by atoms with Crippen molar-refractivity contribution < 1.29 is 36.2 Å². The number of aromatic amines is 1. The molecule has 2 fully saturated rings. The maximum absolute atomic E-state index is 14.9. The predicted octanol–water partition coefficient (Wildman–Crippen LogP) is 5.43. The zero-order valence-electron chi connectivity index (χ0n) is 18.8. The second-order valence-electron chi connectivity index (χ2n) is 9.52. The lowest BCUT2D eigenvalue weighted by atomic mass is 9.88. The van der Waals surface area contributed by atoms with Crippen molar-refractivity contribution >= 4 is 22.7 Å². The number of nitrogens with one attached hydrogen (secondary N) is 2. The summed E-state index contributed by atoms with van der Waals surface area (Å²) < 4.78 is 87.7. The number of hydrogen-bond donors (Lipinski definition) is 2. The number of nitrogens with zero attached hydrogens (tertiary/aromatic N) is 2. The van der Waals surface area contributed by atoms with Gasteiger partial charge in [0.2, 0.25) is 0 Å². The molecule has 2 aliphatic heterocycles. The average molecular weight is 508 g/mol. The first-order chi connectivity index (χ1) is 17.2. The summed E-state index contributed by atoms with van der Waals surface area (Å²) in [6.45, 7) is 2.04. The van der Waals surface area contributed by atoms with Crippen molar-refractivity contribution in [1.29, 1.82) is 0 Å². The minimum absolute atomic E-state index is 0.0445. The summed E-state index contributed by atoms with van der Waals surface area (Å²) in [6.07, 6.45) is -1.29. The largest absolute Gasteiger partial charge is 0.464 e. The summed E-state index contributed by atoms with van der Waals surface area (Å²) in [5.41, 5.74) is -2.07. The highest BCUT2D eigenvalue weighted by Gasteiger charge is 2.65. The molecule has 190 valence electrons. The number of alkyl halides is 3. The molecule has 0 bridgehead atoms. The van der Waals surface area contributed by atoms with E-state index in [2.05, 4.69) is 20.3 Å². The Hall–Kier alpha value is -3.41. The molecule has 0 radical (unpaired) electrons. The highest BCUT2D eigenvalue weighted by atomic mass is 19.4. The van der Waals surface area contributed by atoms with E-state index in [9.17, 15) is 22.0 Å². The zero-order valence-corrected chi connectivity index (χ0v) is 18.8. The first kappa shape index (κ1) is 23.0. The monoisotopic (exact) mass is 508 g/mol. The van der Waals surface area contributed by atoms with Crippen LogP contribution in [0.15, 0.2) is 35.6 Å². The van der Waals surface area contributed by atoms with Crippen LogP contribution in [-0.4, -0.2) is 48.5 Å². The van der Waals surface area contributed by atoms with E-state index in [1.807, 2.05) is 0 Å². The van der Waals surface area contributed by atoms with Crippen molar-refractivity contribution in [2.24, 2.45) is 10.4 Å². The second kappa shape index (κ2) is 8.05. The maximum Gasteiger partial charge on any atom is 0.398 e. The third-order valence-corrected chi connectivity index (χ3v) is 7.06. The van der Waals surface area contributed by atoms with Crippen LogP contribution in [0, 0.1) is 17.0 Å². The fourth-order valence-corrected chi connectivity index (χ4v) is 4.80. The molecule has 1 spiro atoms. The van der Waals surface area contributed by atoms with Crippen LogP contribution in [0.5, 0.6) is 11.5 Å². The minimum Gasteiger partial charge on any atom is -0.464 e. The highest BCUT2D eigenvalue weighted by molar-refractivity contribution is 5.90. The molecular weight excluding hydrogens is 487 g/mol. The van der Waals surface area contributed by atoms with Crippen LogP contribution >= 0.6 is 0 Å². The van der Waals surface area contributed by atoms with E-state index in [1.165, 1.54) is 18.5 Å². The molecule has 1 saturated carbocycles. The number of hydrogen-bond acceptors (Lipinski definition) is 6. The van der Waals surface area contributed by atoms with Crippen molar-refractivity contribution in [2.45, 2.75) is 30.9 Å². The van der Waals surface area contributed by atoms with Crippen LogP contribution in [0.2, 0.25) is 0 Å². The number of aromatic nitrogens is 2. The summed E-state index contributed by atoms with van der Waals surface area (Å²) in [7, 11) is 0. The van der Waals surface area contributed by atoms with E-state index in [4.69, 9.17) is 14.2 Å². The van der Waals surface area contributed by atoms with Gasteiger partial charge in [0.05, 0.1) is 24.0 Å². The Morgan fingerprint density at radius 1 is 1.08 bits per heavy atom. The minimum atomic E-state index is -4.48. The lowest BCUT2D eigenvalue weighted by Gasteiger charge is -2.30. The van der Waals surface area contributed by atoms with Gasteiger partial charge in [0.1, 0.15) is 18.0 Å². The van der Waals surface area contributed by atoms with Crippen LogP contribution in [0.25, 0.3) is 11.0 Å². The van der Waals surface area contributed by atoms with E-state index in [1.54, 1.807) is 0 Å². The summed E-state index contributed by atoms with van der Waals surface area (Å²) in [5.74, 6) is -2.97. The predicted molar refractivity (Wildman–Crippen MR) is 119 cm³/mol. The molecule has 0 amide bonds. The molecule has 2 aromatic heterocycles. The quantitative estimate of drug-likeness (QED) is 0.460. The number of fused-ring (bicyclic) bond motifs is 1. The van der Waals surface area contributed by atoms with Gasteiger partial charge in [-0.05, 0) is 30.9 Å². The third-order valence-electron chi connectivity index (χ3n) is 7.06. The van der Waals surface area contributed by atoms with Gasteiger partial charge in [-0.25, -0.2) is 18.8 Å². The molecule has 1 saturated heterocycles. The Balaban J connectivity index is 1.27. The average Bonchev–Trinajstić information content (AvgIpc) is 3.34. The van der Waals surface area contributed by atoms with Gasteiger partial charge in [0, 0.05) is 42.2 Å². The molecule has 6 rings (SSSR count). The van der Waals surface area contributed by atoms with Gasteiger partial charge in [-0.3, -0.25) is 0 Å². The fourth-order valence-electron chi connectivity index (χ4n) is 4.80. The maximum atomic E-state index is 14.9. The second-order valence-corrected chi connectivity index (χ2v) is 9.52. The Morgan fingerprint density at radius 3 is 2.47 bits per heavy atom. The third kappa shape index (κ3) is 3.74. The van der Waals surface area contributed by atoms with Gasteiger partial charge in [0.25, 0.3) is 6.02 Å². The number of rotatable bonds is 4. The zero-order chi connectivity index (χ0) is 25.1. The lowest BCUT2D eigenvalue weighted by molar-refractivity contribution is -0.160. The number of aliphatic imine (C=N–C) groups is 1.